The molecule has 5 nitrogen and oxygen atoms in total. The summed E-state index contributed by atoms with van der Waals surface area (Å²) in [5, 5.41) is 3.45. The first-order valence-electron chi connectivity index (χ1n) is 9.31. The highest BCUT2D eigenvalue weighted by Crippen LogP contribution is 2.25. The van der Waals surface area contributed by atoms with Gasteiger partial charge in [0.25, 0.3) is 0 Å². The number of anilines is 1. The Morgan fingerprint density at radius 2 is 1.64 bits per heavy atom. The lowest BCUT2D eigenvalue weighted by atomic mass is 10.0. The van der Waals surface area contributed by atoms with E-state index in [0.717, 1.165) is 22.5 Å². The summed E-state index contributed by atoms with van der Waals surface area (Å²) in [4.78, 5) is 13.0. The quantitative estimate of drug-likeness (QED) is 0.688. The molecular weight excluding hydrogens is 396 g/mol. The van der Waals surface area contributed by atoms with Gasteiger partial charge in [-0.25, -0.2) is 8.42 Å². The van der Waals surface area contributed by atoms with Crippen molar-refractivity contribution in [2.75, 3.05) is 10.6 Å². The fourth-order valence-corrected chi connectivity index (χ4v) is 4.42. The molecule has 0 heterocycles. The van der Waals surface area contributed by atoms with E-state index in [2.05, 4.69) is 12.2 Å². The van der Waals surface area contributed by atoms with Gasteiger partial charge in [0.2, 0.25) is 15.9 Å². The van der Waals surface area contributed by atoms with E-state index in [1.54, 1.807) is 31.2 Å². The molecule has 0 fully saturated rings. The molecule has 0 spiro atoms. The smallest absolute Gasteiger partial charge is 0.244 e. The van der Waals surface area contributed by atoms with Gasteiger partial charge in [-0.05, 0) is 55.2 Å². The van der Waals surface area contributed by atoms with Crippen LogP contribution in [0.4, 0.5) is 5.69 Å². The maximum absolute atomic E-state index is 13.0. The van der Waals surface area contributed by atoms with E-state index in [9.17, 15) is 13.2 Å². The molecule has 2 rings (SSSR count). The molecular formula is C21H27ClN2O3S. The Kier molecular flexibility index (Phi) is 7.49. The van der Waals surface area contributed by atoms with E-state index < -0.39 is 16.1 Å². The third-order valence-electron chi connectivity index (χ3n) is 4.66. The lowest BCUT2D eigenvalue weighted by molar-refractivity contribution is -0.122. The Bertz CT molecular complexity index is 896. The molecule has 0 aromatic heterocycles. The molecule has 0 aliphatic heterocycles. The molecule has 0 bridgehead atoms. The van der Waals surface area contributed by atoms with Crippen molar-refractivity contribution in [3.63, 3.8) is 0 Å². The lowest BCUT2D eigenvalue weighted by Gasteiger charge is -2.31. The summed E-state index contributed by atoms with van der Waals surface area (Å²) in [6.07, 6.45) is 2.39. The first kappa shape index (κ1) is 22.2. The second-order valence-electron chi connectivity index (χ2n) is 6.78. The van der Waals surface area contributed by atoms with Gasteiger partial charge in [0.1, 0.15) is 6.04 Å². The van der Waals surface area contributed by atoms with Crippen molar-refractivity contribution >= 4 is 33.2 Å². The summed E-state index contributed by atoms with van der Waals surface area (Å²) in [6, 6.07) is 13.4. The van der Waals surface area contributed by atoms with Crippen LogP contribution < -0.4 is 9.62 Å². The fraction of sp³-hybridized carbons (Fsp3) is 0.381. The zero-order chi connectivity index (χ0) is 20.9. The minimum atomic E-state index is -3.67. The molecule has 0 aliphatic rings. The maximum Gasteiger partial charge on any atom is 0.244 e. The van der Waals surface area contributed by atoms with E-state index in [1.165, 1.54) is 5.56 Å². The van der Waals surface area contributed by atoms with Crippen molar-refractivity contribution in [2.45, 2.75) is 45.7 Å². The van der Waals surface area contributed by atoms with Crippen LogP contribution >= 0.6 is 11.6 Å². The zero-order valence-corrected chi connectivity index (χ0v) is 18.2. The molecule has 2 atom stereocenters. The second kappa shape index (κ2) is 9.43. The number of benzene rings is 2. The Hall–Kier alpha value is -2.05. The van der Waals surface area contributed by atoms with Crippen molar-refractivity contribution in [3.8, 4) is 0 Å². The van der Waals surface area contributed by atoms with Crippen LogP contribution in [0, 0.1) is 0 Å². The van der Waals surface area contributed by atoms with Crippen LogP contribution in [-0.2, 0) is 21.2 Å². The Morgan fingerprint density at radius 3 is 2.11 bits per heavy atom. The summed E-state index contributed by atoms with van der Waals surface area (Å²) in [6.45, 7) is 5.76. The number of aryl methyl sites for hydroxylation is 1. The number of carbonyl (C=O) groups is 1. The van der Waals surface area contributed by atoms with Crippen LogP contribution in [0.25, 0.3) is 0 Å². The molecule has 0 saturated carbocycles. The van der Waals surface area contributed by atoms with Crippen LogP contribution in [0.5, 0.6) is 0 Å². The number of amides is 1. The maximum atomic E-state index is 13.0. The van der Waals surface area contributed by atoms with Gasteiger partial charge in [-0.15, -0.1) is 0 Å². The molecule has 0 radical (unpaired) electrons. The van der Waals surface area contributed by atoms with Crippen molar-refractivity contribution in [2.24, 2.45) is 0 Å². The molecule has 0 aliphatic carbocycles. The first-order valence-corrected chi connectivity index (χ1v) is 11.5. The van der Waals surface area contributed by atoms with Gasteiger partial charge in [-0.2, -0.15) is 0 Å². The molecule has 0 unspecified atom stereocenters. The van der Waals surface area contributed by atoms with E-state index in [1.807, 2.05) is 31.2 Å². The summed E-state index contributed by atoms with van der Waals surface area (Å²) >= 11 is 5.92. The molecule has 2 aromatic carbocycles. The van der Waals surface area contributed by atoms with Crippen LogP contribution in [0.2, 0.25) is 5.02 Å². The van der Waals surface area contributed by atoms with Crippen LogP contribution in [0.15, 0.2) is 48.5 Å². The van der Waals surface area contributed by atoms with Gasteiger partial charge >= 0.3 is 0 Å². The fourth-order valence-electron chi connectivity index (χ4n) is 3.08. The Labute approximate surface area is 172 Å². The summed E-state index contributed by atoms with van der Waals surface area (Å²) in [5.41, 5.74) is 2.60. The Balaban J connectivity index is 2.26. The van der Waals surface area contributed by atoms with Crippen LogP contribution in [0.1, 0.15) is 44.4 Å². The van der Waals surface area contributed by atoms with Crippen LogP contribution in [0.3, 0.4) is 0 Å². The number of sulfonamides is 1. The Morgan fingerprint density at radius 1 is 1.07 bits per heavy atom. The standard InChI is InChI=1S/C21H27ClN2O3S/c1-5-16-7-9-17(10-8-16)15(3)23-21(25)20(6-2)24(28(4,26)27)19-13-11-18(22)12-14-19/h7-15,20H,5-6H2,1-4H3,(H,23,25)/t15-,20+/m0/s1. The SMILES string of the molecule is CCc1ccc([C@H](C)NC(=O)[C@@H](CC)N(c2ccc(Cl)cc2)S(C)(=O)=O)cc1. The van der Waals surface area contributed by atoms with Crippen LogP contribution in [-0.4, -0.2) is 26.6 Å². The second-order valence-corrected chi connectivity index (χ2v) is 9.08. The highest BCUT2D eigenvalue weighted by atomic mass is 35.5. The van der Waals surface area contributed by atoms with Crippen molar-refractivity contribution in [1.82, 2.24) is 5.32 Å². The summed E-state index contributed by atoms with van der Waals surface area (Å²) in [7, 11) is -3.67. The average Bonchev–Trinajstić information content (AvgIpc) is 2.66. The van der Waals surface area contributed by atoms with E-state index in [4.69, 9.17) is 11.6 Å². The van der Waals surface area contributed by atoms with Crippen molar-refractivity contribution < 1.29 is 13.2 Å². The number of nitrogens with one attached hydrogen (secondary N) is 1. The van der Waals surface area contributed by atoms with E-state index >= 15 is 0 Å². The first-order chi connectivity index (χ1) is 13.2. The predicted molar refractivity (Wildman–Crippen MR) is 115 cm³/mol. The number of nitrogens with zero attached hydrogens (tertiary/aromatic N) is 1. The van der Waals surface area contributed by atoms with Gasteiger partial charge in [0, 0.05) is 5.02 Å². The average molecular weight is 423 g/mol. The third kappa shape index (κ3) is 5.49. The zero-order valence-electron chi connectivity index (χ0n) is 16.6. The number of hydrogen-bond donors (Lipinski definition) is 1. The summed E-state index contributed by atoms with van der Waals surface area (Å²) in [5.74, 6) is -0.338. The highest BCUT2D eigenvalue weighted by Gasteiger charge is 2.32. The van der Waals surface area contributed by atoms with E-state index in [-0.39, 0.29) is 11.9 Å². The van der Waals surface area contributed by atoms with E-state index in [0.29, 0.717) is 17.1 Å². The monoisotopic (exact) mass is 422 g/mol. The number of halogens is 1. The predicted octanol–water partition coefficient (Wildman–Crippen LogP) is 4.32. The van der Waals surface area contributed by atoms with Crippen molar-refractivity contribution in [3.05, 3.63) is 64.7 Å². The number of hydrogen-bond acceptors (Lipinski definition) is 3. The molecule has 1 N–H and O–H groups in total. The molecule has 1 amide bonds. The van der Waals surface area contributed by atoms with Gasteiger partial charge in [-0.3, -0.25) is 9.10 Å². The molecule has 0 saturated heterocycles. The molecule has 2 aromatic rings. The molecule has 28 heavy (non-hydrogen) atoms. The third-order valence-corrected chi connectivity index (χ3v) is 6.09. The summed E-state index contributed by atoms with van der Waals surface area (Å²) < 4.78 is 26.1. The van der Waals surface area contributed by atoms with Crippen molar-refractivity contribution in [1.29, 1.82) is 0 Å². The van der Waals surface area contributed by atoms with Gasteiger partial charge < -0.3 is 5.32 Å². The largest absolute Gasteiger partial charge is 0.348 e. The van der Waals surface area contributed by atoms with Gasteiger partial charge in [0.05, 0.1) is 18.0 Å². The topological polar surface area (TPSA) is 66.5 Å². The molecule has 152 valence electrons. The minimum absolute atomic E-state index is 0.237. The molecule has 7 heteroatoms. The highest BCUT2D eigenvalue weighted by molar-refractivity contribution is 7.92. The number of rotatable bonds is 8. The van der Waals surface area contributed by atoms with Gasteiger partial charge in [-0.1, -0.05) is 49.7 Å². The van der Waals surface area contributed by atoms with Gasteiger partial charge in [0.15, 0.2) is 0 Å². The normalized spacial score (nSPS) is 13.6. The number of carbonyl (C=O) groups excluding carboxylic acids is 1. The lowest BCUT2D eigenvalue weighted by Crippen LogP contribution is -2.49. The minimum Gasteiger partial charge on any atom is -0.348 e.